The third kappa shape index (κ3) is 6.28. The molecule has 0 unspecified atom stereocenters. The summed E-state index contributed by atoms with van der Waals surface area (Å²) in [6.45, 7) is 7.26. The van der Waals surface area contributed by atoms with Gasteiger partial charge in [0.25, 0.3) is 5.76 Å². The van der Waals surface area contributed by atoms with Gasteiger partial charge in [-0.3, -0.25) is 9.59 Å². The van der Waals surface area contributed by atoms with Crippen LogP contribution in [-0.2, 0) is 22.5 Å². The Bertz CT molecular complexity index is 1120. The average Bonchev–Trinajstić information content (AvgIpc) is 3.34. The zero-order valence-corrected chi connectivity index (χ0v) is 19.7. The van der Waals surface area contributed by atoms with Crippen LogP contribution in [0.1, 0.15) is 50.9 Å². The fourth-order valence-corrected chi connectivity index (χ4v) is 4.15. The third-order valence-electron chi connectivity index (χ3n) is 5.31. The Balaban J connectivity index is 1.56. The molecular formula is C23H25F2N3O4S. The van der Waals surface area contributed by atoms with Crippen molar-refractivity contribution in [3.63, 3.8) is 0 Å². The highest BCUT2D eigenvalue weighted by Gasteiger charge is 2.19. The molecule has 0 aliphatic carbocycles. The first kappa shape index (κ1) is 24.6. The van der Waals surface area contributed by atoms with Crippen LogP contribution >= 0.6 is 11.8 Å². The van der Waals surface area contributed by atoms with Crippen LogP contribution < -0.4 is 0 Å². The predicted molar refractivity (Wildman–Crippen MR) is 119 cm³/mol. The van der Waals surface area contributed by atoms with Crippen molar-refractivity contribution in [3.8, 4) is 0 Å². The van der Waals surface area contributed by atoms with Crippen LogP contribution in [0.25, 0.3) is 0 Å². The van der Waals surface area contributed by atoms with E-state index in [-0.39, 0.29) is 35.7 Å². The number of ketones is 1. The first-order valence-electron chi connectivity index (χ1n) is 10.3. The average molecular weight is 478 g/mol. The van der Waals surface area contributed by atoms with Gasteiger partial charge in [0.05, 0.1) is 12.8 Å². The maximum absolute atomic E-state index is 12.6. The summed E-state index contributed by atoms with van der Waals surface area (Å²) in [4.78, 5) is 33.0. The standard InChI is InChI=1S/C23H25F2N3O4S/c1-13-10-19(16(4)28(13)11-17-6-5-9-31-17)20(29)12-32-21(30)8-7-18-14(2)26-23(27-15(18)3)33-22(24)25/h5-6,9-10,22H,7-8,11-12H2,1-4H3. The number of hydrogen-bond donors (Lipinski definition) is 0. The van der Waals surface area contributed by atoms with Crippen LogP contribution in [0.2, 0.25) is 0 Å². The molecule has 0 N–H and O–H groups in total. The second kappa shape index (κ2) is 10.7. The van der Waals surface area contributed by atoms with Crippen molar-refractivity contribution in [1.29, 1.82) is 0 Å². The fraction of sp³-hybridized carbons (Fsp3) is 0.391. The van der Waals surface area contributed by atoms with Gasteiger partial charge in [0.2, 0.25) is 5.78 Å². The molecule has 7 nitrogen and oxygen atoms in total. The molecule has 0 saturated carbocycles. The highest BCUT2D eigenvalue weighted by molar-refractivity contribution is 7.99. The number of carbonyl (C=O) groups excluding carboxylic acids is 2. The second-order valence-corrected chi connectivity index (χ2v) is 8.53. The van der Waals surface area contributed by atoms with Crippen LogP contribution in [0.15, 0.2) is 34.0 Å². The van der Waals surface area contributed by atoms with Crippen molar-refractivity contribution < 1.29 is 27.5 Å². The van der Waals surface area contributed by atoms with Gasteiger partial charge in [-0.2, -0.15) is 8.78 Å². The number of furan rings is 1. The molecule has 0 aliphatic rings. The van der Waals surface area contributed by atoms with E-state index in [0.29, 0.717) is 35.5 Å². The summed E-state index contributed by atoms with van der Waals surface area (Å²) >= 11 is 0.282. The number of nitrogens with zero attached hydrogens (tertiary/aromatic N) is 3. The van der Waals surface area contributed by atoms with Crippen molar-refractivity contribution in [3.05, 3.63) is 64.1 Å². The van der Waals surface area contributed by atoms with Gasteiger partial charge in [-0.1, -0.05) is 0 Å². The summed E-state index contributed by atoms with van der Waals surface area (Å²) in [6.07, 6.45) is 1.92. The van der Waals surface area contributed by atoms with E-state index in [1.807, 2.05) is 24.5 Å². The van der Waals surface area contributed by atoms with Crippen LogP contribution in [0.3, 0.4) is 0 Å². The van der Waals surface area contributed by atoms with E-state index in [1.165, 1.54) is 0 Å². The van der Waals surface area contributed by atoms with Crippen molar-refractivity contribution >= 4 is 23.5 Å². The predicted octanol–water partition coefficient (Wildman–Crippen LogP) is 4.83. The first-order chi connectivity index (χ1) is 15.7. The van der Waals surface area contributed by atoms with Gasteiger partial charge < -0.3 is 13.7 Å². The second-order valence-electron chi connectivity index (χ2n) is 7.57. The number of carbonyl (C=O) groups is 2. The molecule has 0 aromatic carbocycles. The van der Waals surface area contributed by atoms with Crippen LogP contribution in [0.4, 0.5) is 8.78 Å². The summed E-state index contributed by atoms with van der Waals surface area (Å²) in [5.74, 6) is -2.64. The number of rotatable bonds is 10. The van der Waals surface area contributed by atoms with E-state index < -0.39 is 11.7 Å². The molecule has 33 heavy (non-hydrogen) atoms. The minimum absolute atomic E-state index is 0.00145. The minimum Gasteiger partial charge on any atom is -0.467 e. The van der Waals surface area contributed by atoms with Gasteiger partial charge in [0, 0.05) is 34.8 Å². The van der Waals surface area contributed by atoms with E-state index in [2.05, 4.69) is 9.97 Å². The number of ether oxygens (including phenoxy) is 1. The van der Waals surface area contributed by atoms with Crippen molar-refractivity contribution in [2.75, 3.05) is 6.61 Å². The Labute approximate surface area is 194 Å². The molecule has 0 atom stereocenters. The molecule has 0 spiro atoms. The minimum atomic E-state index is -2.60. The molecule has 0 aliphatic heterocycles. The summed E-state index contributed by atoms with van der Waals surface area (Å²) in [7, 11) is 0. The lowest BCUT2D eigenvalue weighted by atomic mass is 10.1. The number of thioether (sulfide) groups is 1. The topological polar surface area (TPSA) is 87.2 Å². The number of esters is 1. The zero-order chi connectivity index (χ0) is 24.1. The molecule has 0 saturated heterocycles. The van der Waals surface area contributed by atoms with Gasteiger partial charge in [0.1, 0.15) is 5.76 Å². The van der Waals surface area contributed by atoms with Gasteiger partial charge in [-0.25, -0.2) is 9.97 Å². The lowest BCUT2D eigenvalue weighted by Gasteiger charge is -2.10. The molecule has 3 rings (SSSR count). The number of Topliss-reactive ketones (excluding diaryl/α,β-unsaturated/α-hetero) is 1. The van der Waals surface area contributed by atoms with E-state index >= 15 is 0 Å². The Morgan fingerprint density at radius 1 is 1.18 bits per heavy atom. The molecule has 176 valence electrons. The van der Waals surface area contributed by atoms with Crippen LogP contribution in [0.5, 0.6) is 0 Å². The normalized spacial score (nSPS) is 11.2. The highest BCUT2D eigenvalue weighted by atomic mass is 32.2. The van der Waals surface area contributed by atoms with Gasteiger partial charge in [-0.15, -0.1) is 0 Å². The largest absolute Gasteiger partial charge is 0.467 e. The van der Waals surface area contributed by atoms with E-state index in [0.717, 1.165) is 17.1 Å². The maximum atomic E-state index is 12.6. The first-order valence-corrected chi connectivity index (χ1v) is 11.2. The number of aromatic nitrogens is 3. The van der Waals surface area contributed by atoms with Crippen molar-refractivity contribution in [2.45, 2.75) is 58.0 Å². The maximum Gasteiger partial charge on any atom is 0.306 e. The molecule has 0 amide bonds. The number of hydrogen-bond acceptors (Lipinski definition) is 7. The zero-order valence-electron chi connectivity index (χ0n) is 18.9. The summed E-state index contributed by atoms with van der Waals surface area (Å²) in [5.41, 5.74) is 3.96. The number of aryl methyl sites for hydroxylation is 3. The SMILES string of the molecule is Cc1nc(SC(F)F)nc(C)c1CCC(=O)OCC(=O)c1cc(C)n(Cc2ccco2)c1C. The molecule has 10 heteroatoms. The molecule has 3 aromatic rings. The van der Waals surface area contributed by atoms with E-state index in [1.54, 1.807) is 32.2 Å². The molecule has 0 radical (unpaired) electrons. The number of halogens is 2. The van der Waals surface area contributed by atoms with Gasteiger partial charge in [-0.05, 0) is 69.6 Å². The van der Waals surface area contributed by atoms with E-state index in [4.69, 9.17) is 9.15 Å². The quantitative estimate of drug-likeness (QED) is 0.179. The monoisotopic (exact) mass is 477 g/mol. The van der Waals surface area contributed by atoms with Crippen molar-refractivity contribution in [2.24, 2.45) is 0 Å². The van der Waals surface area contributed by atoms with Crippen molar-refractivity contribution in [1.82, 2.24) is 14.5 Å². The Morgan fingerprint density at radius 2 is 1.88 bits per heavy atom. The molecule has 3 heterocycles. The number of alkyl halides is 2. The fourth-order valence-electron chi connectivity index (χ4n) is 3.61. The third-order valence-corrected chi connectivity index (χ3v) is 5.88. The Hall–Kier alpha value is -3.01. The molecular weight excluding hydrogens is 452 g/mol. The lowest BCUT2D eigenvalue weighted by molar-refractivity contribution is -0.142. The van der Waals surface area contributed by atoms with Crippen LogP contribution in [0, 0.1) is 27.7 Å². The summed E-state index contributed by atoms with van der Waals surface area (Å²) in [5, 5.41) is 0.00145. The molecule has 0 bridgehead atoms. The molecule has 0 fully saturated rings. The van der Waals surface area contributed by atoms with Gasteiger partial charge >= 0.3 is 5.97 Å². The highest BCUT2D eigenvalue weighted by Crippen LogP contribution is 2.24. The van der Waals surface area contributed by atoms with E-state index in [9.17, 15) is 18.4 Å². The molecule has 3 aromatic heterocycles. The summed E-state index contributed by atoms with van der Waals surface area (Å²) in [6, 6.07) is 5.44. The lowest BCUT2D eigenvalue weighted by Crippen LogP contribution is -2.16. The summed E-state index contributed by atoms with van der Waals surface area (Å²) < 4.78 is 37.6. The Kier molecular flexibility index (Phi) is 8.01. The Morgan fingerprint density at radius 3 is 2.48 bits per heavy atom. The smallest absolute Gasteiger partial charge is 0.306 e. The van der Waals surface area contributed by atoms with Gasteiger partial charge in [0.15, 0.2) is 11.8 Å². The van der Waals surface area contributed by atoms with Crippen LogP contribution in [-0.4, -0.2) is 38.7 Å².